The lowest BCUT2D eigenvalue weighted by Gasteiger charge is -2.12. The predicted molar refractivity (Wildman–Crippen MR) is 64.5 cm³/mol. The number of carbonyl (C=O) groups is 1. The molecule has 4 nitrogen and oxygen atoms in total. The summed E-state index contributed by atoms with van der Waals surface area (Å²) >= 11 is 1.61. The summed E-state index contributed by atoms with van der Waals surface area (Å²) in [6.45, 7) is 4.22. The third-order valence-electron chi connectivity index (χ3n) is 2.27. The molecule has 0 aromatic carbocycles. The van der Waals surface area contributed by atoms with Crippen LogP contribution in [0.3, 0.4) is 0 Å². The summed E-state index contributed by atoms with van der Waals surface area (Å²) in [5.74, 6) is -0.871. The van der Waals surface area contributed by atoms with Crippen molar-refractivity contribution in [2.75, 3.05) is 6.54 Å². The molecule has 2 N–H and O–H groups in total. The van der Waals surface area contributed by atoms with Crippen LogP contribution in [0.25, 0.3) is 0 Å². The van der Waals surface area contributed by atoms with Crippen molar-refractivity contribution in [1.29, 1.82) is 0 Å². The molecule has 0 radical (unpaired) electrons. The van der Waals surface area contributed by atoms with Gasteiger partial charge in [-0.3, -0.25) is 0 Å². The summed E-state index contributed by atoms with van der Waals surface area (Å²) in [7, 11) is 0. The molecular weight excluding hydrogens is 224 g/mol. The Morgan fingerprint density at radius 1 is 1.75 bits per heavy atom. The van der Waals surface area contributed by atoms with Gasteiger partial charge in [-0.25, -0.2) is 9.78 Å². The molecule has 0 saturated heterocycles. The second-order valence-electron chi connectivity index (χ2n) is 3.43. The van der Waals surface area contributed by atoms with Crippen LogP contribution in [0.1, 0.15) is 31.3 Å². The number of carboxylic acid groups (broad SMARTS) is 1. The molecule has 1 atom stereocenters. The van der Waals surface area contributed by atoms with Gasteiger partial charge in [0.25, 0.3) is 0 Å². The van der Waals surface area contributed by atoms with Gasteiger partial charge in [0.1, 0.15) is 5.01 Å². The lowest BCUT2D eigenvalue weighted by Crippen LogP contribution is -2.21. The molecule has 88 valence electrons. The van der Waals surface area contributed by atoms with Crippen molar-refractivity contribution >= 4 is 17.3 Å². The van der Waals surface area contributed by atoms with E-state index >= 15 is 0 Å². The number of hydrogen-bond donors (Lipinski definition) is 2. The van der Waals surface area contributed by atoms with Crippen LogP contribution in [0.15, 0.2) is 23.2 Å². The van der Waals surface area contributed by atoms with Gasteiger partial charge in [0.15, 0.2) is 0 Å². The summed E-state index contributed by atoms with van der Waals surface area (Å²) in [6.07, 6.45) is 4.40. The standard InChI is InChI=1S/C11H16N2O2S/c1-3-9(10-13-6-7-16-10)12-5-4-8(2)11(14)15/h4,6-7,9,12H,3,5H2,1-2H3,(H,14,15)/b8-4-. The first kappa shape index (κ1) is 12.9. The number of thiazole rings is 1. The Labute approximate surface area is 99.0 Å². The summed E-state index contributed by atoms with van der Waals surface area (Å²) in [5, 5.41) is 14.9. The SMILES string of the molecule is CCC(NC/C=C(/C)C(=O)O)c1nccs1. The fourth-order valence-corrected chi connectivity index (χ4v) is 2.05. The van der Waals surface area contributed by atoms with E-state index in [1.54, 1.807) is 30.5 Å². The molecule has 0 spiro atoms. The maximum absolute atomic E-state index is 10.6. The van der Waals surface area contributed by atoms with Crippen LogP contribution in [0, 0.1) is 0 Å². The minimum absolute atomic E-state index is 0.206. The van der Waals surface area contributed by atoms with Crippen LogP contribution in [0.4, 0.5) is 0 Å². The Morgan fingerprint density at radius 2 is 2.50 bits per heavy atom. The lowest BCUT2D eigenvalue weighted by atomic mass is 10.2. The van der Waals surface area contributed by atoms with E-state index in [4.69, 9.17) is 5.11 Å². The molecule has 0 aliphatic carbocycles. The number of rotatable bonds is 6. The molecule has 1 aromatic rings. The second-order valence-corrected chi connectivity index (χ2v) is 4.36. The van der Waals surface area contributed by atoms with E-state index in [0.29, 0.717) is 12.1 Å². The first-order valence-corrected chi connectivity index (χ1v) is 6.06. The first-order valence-electron chi connectivity index (χ1n) is 5.18. The van der Waals surface area contributed by atoms with Gasteiger partial charge < -0.3 is 10.4 Å². The molecule has 0 fully saturated rings. The van der Waals surface area contributed by atoms with Crippen LogP contribution in [-0.2, 0) is 4.79 Å². The molecule has 1 heterocycles. The Kier molecular flexibility index (Phi) is 5.14. The van der Waals surface area contributed by atoms with E-state index in [9.17, 15) is 4.79 Å². The average molecular weight is 240 g/mol. The van der Waals surface area contributed by atoms with E-state index in [-0.39, 0.29) is 6.04 Å². The summed E-state index contributed by atoms with van der Waals surface area (Å²) in [6, 6.07) is 0.206. The van der Waals surface area contributed by atoms with Crippen molar-refractivity contribution in [3.63, 3.8) is 0 Å². The highest BCUT2D eigenvalue weighted by Crippen LogP contribution is 2.18. The average Bonchev–Trinajstić information content (AvgIpc) is 2.77. The Balaban J connectivity index is 2.47. The molecule has 0 saturated carbocycles. The monoisotopic (exact) mass is 240 g/mol. The van der Waals surface area contributed by atoms with Gasteiger partial charge in [-0.2, -0.15) is 0 Å². The molecule has 0 aliphatic heterocycles. The van der Waals surface area contributed by atoms with Crippen LogP contribution >= 0.6 is 11.3 Å². The highest BCUT2D eigenvalue weighted by atomic mass is 32.1. The zero-order valence-electron chi connectivity index (χ0n) is 9.43. The lowest BCUT2D eigenvalue weighted by molar-refractivity contribution is -0.132. The summed E-state index contributed by atoms with van der Waals surface area (Å²) in [5.41, 5.74) is 0.362. The Hall–Kier alpha value is -1.20. The molecule has 16 heavy (non-hydrogen) atoms. The number of aliphatic carboxylic acids is 1. The zero-order chi connectivity index (χ0) is 12.0. The minimum atomic E-state index is -0.871. The fraction of sp³-hybridized carbons (Fsp3) is 0.455. The molecular formula is C11H16N2O2S. The van der Waals surface area contributed by atoms with Crippen molar-refractivity contribution in [3.05, 3.63) is 28.2 Å². The molecule has 1 unspecified atom stereocenters. The van der Waals surface area contributed by atoms with Gasteiger partial charge in [0.2, 0.25) is 0 Å². The Morgan fingerprint density at radius 3 is 3.00 bits per heavy atom. The molecule has 1 rings (SSSR count). The van der Waals surface area contributed by atoms with Crippen LogP contribution in [-0.4, -0.2) is 22.6 Å². The van der Waals surface area contributed by atoms with Crippen LogP contribution < -0.4 is 5.32 Å². The van der Waals surface area contributed by atoms with Crippen molar-refractivity contribution in [2.24, 2.45) is 0 Å². The van der Waals surface area contributed by atoms with Crippen molar-refractivity contribution in [3.8, 4) is 0 Å². The third-order valence-corrected chi connectivity index (χ3v) is 3.16. The zero-order valence-corrected chi connectivity index (χ0v) is 10.3. The molecule has 5 heteroatoms. The van der Waals surface area contributed by atoms with E-state index in [1.165, 1.54) is 0 Å². The van der Waals surface area contributed by atoms with Gasteiger partial charge in [0, 0.05) is 23.7 Å². The van der Waals surface area contributed by atoms with E-state index in [1.807, 2.05) is 5.38 Å². The van der Waals surface area contributed by atoms with Gasteiger partial charge in [-0.05, 0) is 13.3 Å². The maximum atomic E-state index is 10.6. The van der Waals surface area contributed by atoms with Gasteiger partial charge in [-0.1, -0.05) is 13.0 Å². The van der Waals surface area contributed by atoms with Gasteiger partial charge in [-0.15, -0.1) is 11.3 Å². The van der Waals surface area contributed by atoms with Crippen molar-refractivity contribution in [1.82, 2.24) is 10.3 Å². The Bertz CT molecular complexity index is 360. The number of hydrogen-bond acceptors (Lipinski definition) is 4. The summed E-state index contributed by atoms with van der Waals surface area (Å²) < 4.78 is 0. The number of nitrogens with zero attached hydrogens (tertiary/aromatic N) is 1. The normalized spacial score (nSPS) is 13.8. The van der Waals surface area contributed by atoms with Gasteiger partial charge >= 0.3 is 5.97 Å². The van der Waals surface area contributed by atoms with Crippen LogP contribution in [0.5, 0.6) is 0 Å². The molecule has 0 aliphatic rings. The number of aromatic nitrogens is 1. The highest BCUT2D eigenvalue weighted by Gasteiger charge is 2.10. The van der Waals surface area contributed by atoms with Crippen molar-refractivity contribution < 1.29 is 9.90 Å². The smallest absolute Gasteiger partial charge is 0.330 e. The largest absolute Gasteiger partial charge is 0.478 e. The third kappa shape index (κ3) is 3.75. The van der Waals surface area contributed by atoms with E-state index < -0.39 is 5.97 Å². The minimum Gasteiger partial charge on any atom is -0.478 e. The van der Waals surface area contributed by atoms with Crippen LogP contribution in [0.2, 0.25) is 0 Å². The van der Waals surface area contributed by atoms with E-state index in [0.717, 1.165) is 11.4 Å². The summed E-state index contributed by atoms with van der Waals surface area (Å²) in [4.78, 5) is 14.8. The topological polar surface area (TPSA) is 62.2 Å². The van der Waals surface area contributed by atoms with E-state index in [2.05, 4.69) is 17.2 Å². The maximum Gasteiger partial charge on any atom is 0.330 e. The predicted octanol–water partition coefficient (Wildman–Crippen LogP) is 2.21. The van der Waals surface area contributed by atoms with Gasteiger partial charge in [0.05, 0.1) is 6.04 Å². The molecule has 0 bridgehead atoms. The van der Waals surface area contributed by atoms with Crippen molar-refractivity contribution in [2.45, 2.75) is 26.3 Å². The molecule has 0 amide bonds. The number of carboxylic acids is 1. The quantitative estimate of drug-likeness (QED) is 0.748. The number of nitrogens with one attached hydrogen (secondary N) is 1. The fourth-order valence-electron chi connectivity index (χ4n) is 1.25. The molecule has 1 aromatic heterocycles. The second kappa shape index (κ2) is 6.40. The first-order chi connectivity index (χ1) is 7.65. The highest BCUT2D eigenvalue weighted by molar-refractivity contribution is 7.09.